The fourth-order valence-corrected chi connectivity index (χ4v) is 5.88. The molecule has 35 heavy (non-hydrogen) atoms. The Morgan fingerprint density at radius 1 is 1.14 bits per heavy atom. The first-order valence-corrected chi connectivity index (χ1v) is 12.7. The smallest absolute Gasteiger partial charge is 0.326 e. The van der Waals surface area contributed by atoms with Crippen molar-refractivity contribution in [1.82, 2.24) is 5.32 Å². The summed E-state index contributed by atoms with van der Waals surface area (Å²) >= 11 is 1.53. The molecule has 5 rings (SSSR count). The van der Waals surface area contributed by atoms with Crippen molar-refractivity contribution >= 4 is 35.2 Å². The molecule has 3 heterocycles. The van der Waals surface area contributed by atoms with Gasteiger partial charge in [0.15, 0.2) is 11.5 Å². The first-order chi connectivity index (χ1) is 16.9. The summed E-state index contributed by atoms with van der Waals surface area (Å²) in [5, 5.41) is 3.29. The van der Waals surface area contributed by atoms with Crippen molar-refractivity contribution in [3.63, 3.8) is 0 Å². The van der Waals surface area contributed by atoms with E-state index in [4.69, 9.17) is 14.2 Å². The molecule has 2 aromatic rings. The summed E-state index contributed by atoms with van der Waals surface area (Å²) in [7, 11) is 1.27. The van der Waals surface area contributed by atoms with Gasteiger partial charge >= 0.3 is 5.97 Å². The highest BCUT2D eigenvalue weighted by Gasteiger charge is 2.68. The minimum absolute atomic E-state index is 0.285. The standard InChI is InChI=1S/C25H25FN2O6S/c1-32-24(31)25(9-12-35-2)20-19(21(27-25)14-3-5-15(26)6-4-14)22(29)28(23(20)30)16-7-8-17-18(13-16)34-11-10-33-17/h3-8,13,19-21,27H,9-12H2,1-2H3/t19-,20+,21-,25-/m0/s1. The van der Waals surface area contributed by atoms with Gasteiger partial charge in [-0.15, -0.1) is 0 Å². The quantitative estimate of drug-likeness (QED) is 0.478. The lowest BCUT2D eigenvalue weighted by Gasteiger charge is -2.32. The lowest BCUT2D eigenvalue weighted by atomic mass is 9.78. The maximum Gasteiger partial charge on any atom is 0.326 e. The third-order valence-electron chi connectivity index (χ3n) is 6.92. The molecule has 0 saturated carbocycles. The van der Waals surface area contributed by atoms with Crippen LogP contribution in [0.1, 0.15) is 18.0 Å². The van der Waals surface area contributed by atoms with E-state index in [1.807, 2.05) is 6.26 Å². The third kappa shape index (κ3) is 3.75. The summed E-state index contributed by atoms with van der Waals surface area (Å²) in [5.41, 5.74) is -0.446. The fraction of sp³-hybridized carbons (Fsp3) is 0.400. The highest BCUT2D eigenvalue weighted by Crippen LogP contribution is 2.52. The van der Waals surface area contributed by atoms with Gasteiger partial charge < -0.3 is 14.2 Å². The number of carbonyl (C=O) groups excluding carboxylic acids is 3. The molecular weight excluding hydrogens is 475 g/mol. The van der Waals surface area contributed by atoms with Gasteiger partial charge in [-0.05, 0) is 48.3 Å². The van der Waals surface area contributed by atoms with Gasteiger partial charge in [-0.25, -0.2) is 9.29 Å². The predicted octanol–water partition coefficient (Wildman–Crippen LogP) is 2.71. The van der Waals surface area contributed by atoms with Crippen molar-refractivity contribution in [3.05, 3.63) is 53.8 Å². The number of fused-ring (bicyclic) bond motifs is 2. The van der Waals surface area contributed by atoms with Crippen LogP contribution in [0.4, 0.5) is 10.1 Å². The summed E-state index contributed by atoms with van der Waals surface area (Å²) in [6.45, 7) is 0.778. The Morgan fingerprint density at radius 2 is 1.86 bits per heavy atom. The minimum Gasteiger partial charge on any atom is -0.486 e. The highest BCUT2D eigenvalue weighted by molar-refractivity contribution is 7.98. The second kappa shape index (κ2) is 9.16. The monoisotopic (exact) mass is 500 g/mol. The molecular formula is C25H25FN2O6S. The summed E-state index contributed by atoms with van der Waals surface area (Å²) < 4.78 is 30.0. The van der Waals surface area contributed by atoms with E-state index >= 15 is 0 Å². The van der Waals surface area contributed by atoms with Crippen LogP contribution in [0.25, 0.3) is 0 Å². The fourth-order valence-electron chi connectivity index (χ4n) is 5.35. The zero-order valence-electron chi connectivity index (χ0n) is 19.3. The molecule has 0 aliphatic carbocycles. The first kappa shape index (κ1) is 23.6. The predicted molar refractivity (Wildman–Crippen MR) is 127 cm³/mol. The number of anilines is 1. The van der Waals surface area contributed by atoms with Gasteiger partial charge in [-0.2, -0.15) is 11.8 Å². The third-order valence-corrected chi connectivity index (χ3v) is 7.53. The number of benzene rings is 2. The number of nitrogens with one attached hydrogen (secondary N) is 1. The number of esters is 1. The zero-order valence-corrected chi connectivity index (χ0v) is 20.1. The van der Waals surface area contributed by atoms with E-state index in [2.05, 4.69) is 5.32 Å². The number of amides is 2. The Kier molecular flexibility index (Phi) is 6.18. The average molecular weight is 501 g/mol. The van der Waals surface area contributed by atoms with Gasteiger partial charge in [-0.3, -0.25) is 19.7 Å². The van der Waals surface area contributed by atoms with Crippen LogP contribution in [0.15, 0.2) is 42.5 Å². The van der Waals surface area contributed by atoms with E-state index in [1.165, 1.54) is 31.0 Å². The van der Waals surface area contributed by atoms with Crippen LogP contribution in [0.5, 0.6) is 11.5 Å². The van der Waals surface area contributed by atoms with Crippen molar-refractivity contribution in [3.8, 4) is 11.5 Å². The molecule has 4 atom stereocenters. The average Bonchev–Trinajstić information content (AvgIpc) is 3.36. The molecule has 3 aliphatic heterocycles. The topological polar surface area (TPSA) is 94.2 Å². The summed E-state index contributed by atoms with van der Waals surface area (Å²) in [6.07, 6.45) is 2.19. The Bertz CT molecular complexity index is 1180. The SMILES string of the molecule is COC(=O)[C@@]1(CCSC)N[C@@H](c2ccc(F)cc2)[C@H]2C(=O)N(c3ccc4c(c3)OCCO4)C(=O)[C@@H]21. The number of carbonyl (C=O) groups is 3. The maximum absolute atomic E-state index is 13.9. The van der Waals surface area contributed by atoms with Crippen LogP contribution in [-0.4, -0.2) is 55.7 Å². The molecule has 2 saturated heterocycles. The van der Waals surface area contributed by atoms with E-state index < -0.39 is 47.0 Å². The summed E-state index contributed by atoms with van der Waals surface area (Å²) in [5.74, 6) is -2.26. The van der Waals surface area contributed by atoms with Crippen LogP contribution in [0.3, 0.4) is 0 Å². The molecule has 0 radical (unpaired) electrons. The summed E-state index contributed by atoms with van der Waals surface area (Å²) in [4.78, 5) is 42.1. The largest absolute Gasteiger partial charge is 0.486 e. The normalized spacial score (nSPS) is 27.2. The van der Waals surface area contributed by atoms with E-state index in [-0.39, 0.29) is 6.42 Å². The molecule has 1 N–H and O–H groups in total. The van der Waals surface area contributed by atoms with Crippen molar-refractivity contribution in [2.45, 2.75) is 18.0 Å². The Hall–Kier alpha value is -3.11. The van der Waals surface area contributed by atoms with Gasteiger partial charge in [0.25, 0.3) is 0 Å². The number of imide groups is 1. The van der Waals surface area contributed by atoms with Crippen LogP contribution in [-0.2, 0) is 19.1 Å². The molecule has 0 unspecified atom stereocenters. The van der Waals surface area contributed by atoms with Gasteiger partial charge in [0.1, 0.15) is 24.6 Å². The van der Waals surface area contributed by atoms with Gasteiger partial charge in [0.05, 0.1) is 24.6 Å². The number of methoxy groups -OCH3 is 1. The number of ether oxygens (including phenoxy) is 3. The van der Waals surface area contributed by atoms with Crippen molar-refractivity contribution in [1.29, 1.82) is 0 Å². The second-order valence-corrected chi connectivity index (χ2v) is 9.71. The van der Waals surface area contributed by atoms with Gasteiger partial charge in [0, 0.05) is 12.1 Å². The lowest BCUT2D eigenvalue weighted by molar-refractivity contribution is -0.152. The maximum atomic E-state index is 13.9. The zero-order chi connectivity index (χ0) is 24.7. The Morgan fingerprint density at radius 3 is 2.54 bits per heavy atom. The van der Waals surface area contributed by atoms with Crippen LogP contribution in [0.2, 0.25) is 0 Å². The second-order valence-electron chi connectivity index (χ2n) is 8.72. The van der Waals surface area contributed by atoms with Crippen molar-refractivity contribution < 1.29 is 33.0 Å². The molecule has 0 spiro atoms. The van der Waals surface area contributed by atoms with Gasteiger partial charge in [0.2, 0.25) is 11.8 Å². The van der Waals surface area contributed by atoms with E-state index in [9.17, 15) is 18.8 Å². The van der Waals surface area contributed by atoms with Crippen molar-refractivity contribution in [2.75, 3.05) is 37.2 Å². The number of thioether (sulfide) groups is 1. The molecule has 3 aliphatic rings. The molecule has 0 aromatic heterocycles. The van der Waals surface area contributed by atoms with Crippen LogP contribution < -0.4 is 19.7 Å². The lowest BCUT2D eigenvalue weighted by Crippen LogP contribution is -2.56. The van der Waals surface area contributed by atoms with E-state index in [1.54, 1.807) is 30.3 Å². The van der Waals surface area contributed by atoms with Gasteiger partial charge in [-0.1, -0.05) is 12.1 Å². The molecule has 8 nitrogen and oxygen atoms in total. The van der Waals surface area contributed by atoms with Crippen LogP contribution >= 0.6 is 11.8 Å². The van der Waals surface area contributed by atoms with Crippen molar-refractivity contribution in [2.24, 2.45) is 11.8 Å². The molecule has 2 fully saturated rings. The number of hydrogen-bond donors (Lipinski definition) is 1. The first-order valence-electron chi connectivity index (χ1n) is 11.3. The van der Waals surface area contributed by atoms with Crippen LogP contribution in [0, 0.1) is 17.7 Å². The molecule has 2 amide bonds. The number of nitrogens with zero attached hydrogens (tertiary/aromatic N) is 1. The molecule has 2 aromatic carbocycles. The molecule has 0 bridgehead atoms. The number of halogens is 1. The minimum atomic E-state index is -1.41. The molecule has 184 valence electrons. The van der Waals surface area contributed by atoms with E-state index in [0.29, 0.717) is 41.7 Å². The Balaban J connectivity index is 1.61. The number of hydrogen-bond acceptors (Lipinski definition) is 8. The Labute approximate surface area is 206 Å². The summed E-state index contributed by atoms with van der Waals surface area (Å²) in [6, 6.07) is 9.94. The highest BCUT2D eigenvalue weighted by atomic mass is 32.2. The van der Waals surface area contributed by atoms with E-state index in [0.717, 1.165) is 4.90 Å². The number of rotatable bonds is 6. The molecule has 10 heteroatoms.